The molecule has 11 rings (SSSR count). The topological polar surface area (TPSA) is 17.8 Å². The Morgan fingerprint density at radius 3 is 1.75 bits per heavy atom. The van der Waals surface area contributed by atoms with Crippen molar-refractivity contribution in [3.05, 3.63) is 282 Å². The van der Waals surface area contributed by atoms with Crippen LogP contribution in [-0.4, -0.2) is 16.6 Å². The third-order valence-corrected chi connectivity index (χ3v) is 13.8. The molecule has 1 aliphatic rings. The molecule has 318 valence electrons. The molecular formula is C64H48N3+. The standard InChI is InChI=1S/C64H48N3/c1-4-47(34-33-46(2)48-21-9-5-10-22-48)49-35-39-53(40-36-49)66-62-32-20-19-31-61(62)65-63(66)50-37-41-55(42-38-50)67(3,54-27-15-8-16-28-54)56-43-44-58-57-29-17-18-30-59(57)64(60(58)45-56,51-23-11-6-12-24-51)52-25-13-7-14-26-52/h1,5-45H,2-3H3/q+1/b46-33+,47-34+. The molecule has 0 saturated heterocycles. The molecule has 0 bridgehead atoms. The normalized spacial score (nSPS) is 13.9. The summed E-state index contributed by atoms with van der Waals surface area (Å²) in [4.78, 5) is 5.26. The number of fused-ring (bicyclic) bond motifs is 4. The van der Waals surface area contributed by atoms with Gasteiger partial charge in [-0.2, -0.15) is 0 Å². The monoisotopic (exact) mass is 858 g/mol. The summed E-state index contributed by atoms with van der Waals surface area (Å²) in [7, 11) is 2.31. The molecule has 0 amide bonds. The zero-order valence-electron chi connectivity index (χ0n) is 37.6. The Labute approximate surface area is 393 Å². The summed E-state index contributed by atoms with van der Waals surface area (Å²) >= 11 is 0. The van der Waals surface area contributed by atoms with Crippen LogP contribution in [0, 0.1) is 12.3 Å². The number of hydrogen-bond acceptors (Lipinski definition) is 1. The molecule has 3 heteroatoms. The summed E-state index contributed by atoms with van der Waals surface area (Å²) in [6, 6.07) is 85.2. The van der Waals surface area contributed by atoms with Crippen molar-refractivity contribution in [1.82, 2.24) is 14.0 Å². The van der Waals surface area contributed by atoms with Crippen molar-refractivity contribution in [3.63, 3.8) is 0 Å². The molecule has 9 aromatic carbocycles. The molecule has 1 aromatic heterocycles. The van der Waals surface area contributed by atoms with Crippen LogP contribution in [0.1, 0.15) is 40.3 Å². The zero-order chi connectivity index (χ0) is 45.4. The second-order valence-corrected chi connectivity index (χ2v) is 17.4. The van der Waals surface area contributed by atoms with E-state index in [2.05, 4.69) is 255 Å². The van der Waals surface area contributed by atoms with Gasteiger partial charge in [0.25, 0.3) is 0 Å². The molecule has 1 aliphatic carbocycles. The van der Waals surface area contributed by atoms with Gasteiger partial charge in [-0.3, -0.25) is 4.57 Å². The summed E-state index contributed by atoms with van der Waals surface area (Å²) in [5.41, 5.74) is 18.7. The van der Waals surface area contributed by atoms with Gasteiger partial charge < -0.3 is 0 Å². The van der Waals surface area contributed by atoms with Crippen LogP contribution >= 0.6 is 0 Å². The number of imidazole rings is 1. The highest BCUT2D eigenvalue weighted by Gasteiger charge is 2.47. The quantitative estimate of drug-likeness (QED) is 0.0761. The summed E-state index contributed by atoms with van der Waals surface area (Å²) in [6.45, 7) is 2.11. The van der Waals surface area contributed by atoms with Crippen molar-refractivity contribution in [3.8, 4) is 40.5 Å². The minimum Gasteiger partial charge on any atom is -0.292 e. The van der Waals surface area contributed by atoms with Gasteiger partial charge >= 0.3 is 0 Å². The molecule has 1 heterocycles. The first-order valence-corrected chi connectivity index (χ1v) is 22.9. The highest BCUT2D eigenvalue weighted by Crippen LogP contribution is 2.58. The molecule has 10 aromatic rings. The van der Waals surface area contributed by atoms with E-state index >= 15 is 0 Å². The Hall–Kier alpha value is -8.55. The maximum Gasteiger partial charge on any atom is 0.145 e. The van der Waals surface area contributed by atoms with Gasteiger partial charge in [0.15, 0.2) is 0 Å². The van der Waals surface area contributed by atoms with Crippen molar-refractivity contribution in [2.24, 2.45) is 0 Å². The first-order chi connectivity index (χ1) is 33.0. The van der Waals surface area contributed by atoms with Gasteiger partial charge in [0.1, 0.15) is 22.9 Å². The number of aromatic nitrogens is 2. The van der Waals surface area contributed by atoms with E-state index < -0.39 is 5.41 Å². The van der Waals surface area contributed by atoms with E-state index in [1.165, 1.54) is 44.6 Å². The van der Waals surface area contributed by atoms with E-state index in [0.29, 0.717) is 4.48 Å². The average Bonchev–Trinajstić information content (AvgIpc) is 3.94. The fourth-order valence-electron chi connectivity index (χ4n) is 10.3. The summed E-state index contributed by atoms with van der Waals surface area (Å²) < 4.78 is 2.70. The third-order valence-electron chi connectivity index (χ3n) is 13.8. The number of terminal acetylenes is 1. The number of nitrogens with zero attached hydrogens (tertiary/aromatic N) is 3. The number of quaternary nitrogens is 1. The lowest BCUT2D eigenvalue weighted by Crippen LogP contribution is -2.34. The van der Waals surface area contributed by atoms with Crippen LogP contribution in [-0.2, 0) is 5.41 Å². The van der Waals surface area contributed by atoms with Gasteiger partial charge in [0.05, 0.1) is 23.5 Å². The summed E-state index contributed by atoms with van der Waals surface area (Å²) in [5.74, 6) is 3.79. The van der Waals surface area contributed by atoms with Crippen LogP contribution in [0.4, 0.5) is 17.1 Å². The van der Waals surface area contributed by atoms with Crippen LogP contribution < -0.4 is 4.48 Å². The molecule has 0 aliphatic heterocycles. The fourth-order valence-corrected chi connectivity index (χ4v) is 10.3. The molecule has 0 N–H and O–H groups in total. The number of rotatable bonds is 10. The highest BCUT2D eigenvalue weighted by molar-refractivity contribution is 5.89. The Kier molecular flexibility index (Phi) is 10.5. The average molecular weight is 859 g/mol. The molecule has 0 radical (unpaired) electrons. The number of benzene rings is 9. The van der Waals surface area contributed by atoms with Crippen molar-refractivity contribution >= 4 is 39.2 Å². The minimum atomic E-state index is -0.510. The zero-order valence-corrected chi connectivity index (χ0v) is 37.6. The van der Waals surface area contributed by atoms with Crippen molar-refractivity contribution in [2.45, 2.75) is 12.3 Å². The fraction of sp³-hybridized carbons (Fsp3) is 0.0469. The first kappa shape index (κ1) is 41.2. The lowest BCUT2D eigenvalue weighted by Gasteiger charge is -2.36. The predicted molar refractivity (Wildman–Crippen MR) is 281 cm³/mol. The Bertz CT molecular complexity index is 3460. The SMILES string of the molecule is C#C/C(=C\C=C(/C)c1ccccc1)c1ccc(-n2c(-c3ccc([N+](C)(c4ccccc4)c4ccc5c(c4)C(c4ccccc4)(c4ccccc4)c4ccccc4-5)cc3)nc3ccccc32)cc1. The second-order valence-electron chi connectivity index (χ2n) is 17.4. The van der Waals surface area contributed by atoms with Crippen LogP contribution in [0.2, 0.25) is 0 Å². The van der Waals surface area contributed by atoms with E-state index in [9.17, 15) is 0 Å². The molecular weight excluding hydrogens is 811 g/mol. The predicted octanol–water partition coefficient (Wildman–Crippen LogP) is 15.8. The van der Waals surface area contributed by atoms with Crippen LogP contribution in [0.5, 0.6) is 0 Å². The lowest BCUT2D eigenvalue weighted by atomic mass is 9.67. The first-order valence-electron chi connectivity index (χ1n) is 22.9. The van der Waals surface area contributed by atoms with E-state index in [1.807, 2.05) is 18.2 Å². The van der Waals surface area contributed by atoms with Gasteiger partial charge in [-0.05, 0) is 118 Å². The summed E-state index contributed by atoms with van der Waals surface area (Å²) in [5, 5.41) is 0. The molecule has 1 unspecified atom stereocenters. The Morgan fingerprint density at radius 2 is 1.07 bits per heavy atom. The van der Waals surface area contributed by atoms with Gasteiger partial charge in [-0.15, -0.1) is 6.42 Å². The van der Waals surface area contributed by atoms with E-state index in [0.717, 1.165) is 56.2 Å². The number of hydrogen-bond donors (Lipinski definition) is 0. The van der Waals surface area contributed by atoms with Crippen LogP contribution in [0.3, 0.4) is 0 Å². The van der Waals surface area contributed by atoms with Crippen LogP contribution in [0.15, 0.2) is 249 Å². The van der Waals surface area contributed by atoms with E-state index in [1.54, 1.807) is 0 Å². The lowest BCUT2D eigenvalue weighted by molar-refractivity contribution is 0.625. The Morgan fingerprint density at radius 1 is 0.522 bits per heavy atom. The highest BCUT2D eigenvalue weighted by atomic mass is 15.3. The molecule has 0 saturated carbocycles. The number of para-hydroxylation sites is 3. The molecule has 67 heavy (non-hydrogen) atoms. The number of allylic oxidation sites excluding steroid dienone is 4. The van der Waals surface area contributed by atoms with Gasteiger partial charge in [-0.1, -0.05) is 170 Å². The van der Waals surface area contributed by atoms with E-state index in [4.69, 9.17) is 11.4 Å². The second kappa shape index (κ2) is 17.1. The molecule has 0 fully saturated rings. The minimum absolute atomic E-state index is 0.452. The molecule has 3 nitrogen and oxygen atoms in total. The van der Waals surface area contributed by atoms with Gasteiger partial charge in [0, 0.05) is 41.1 Å². The van der Waals surface area contributed by atoms with Crippen molar-refractivity contribution in [2.75, 3.05) is 7.05 Å². The van der Waals surface area contributed by atoms with Crippen LogP contribution in [0.25, 0.3) is 50.4 Å². The molecule has 1 atom stereocenters. The van der Waals surface area contributed by atoms with Crippen molar-refractivity contribution < 1.29 is 0 Å². The largest absolute Gasteiger partial charge is 0.292 e. The van der Waals surface area contributed by atoms with E-state index in [-0.39, 0.29) is 0 Å². The molecule has 0 spiro atoms. The Balaban J connectivity index is 1.01. The maximum absolute atomic E-state index is 6.09. The maximum atomic E-state index is 6.09. The smallest absolute Gasteiger partial charge is 0.145 e. The van der Waals surface area contributed by atoms with Gasteiger partial charge in [-0.25, -0.2) is 9.47 Å². The van der Waals surface area contributed by atoms with Crippen molar-refractivity contribution in [1.29, 1.82) is 0 Å². The van der Waals surface area contributed by atoms with Gasteiger partial charge in [0.2, 0.25) is 0 Å². The third kappa shape index (κ3) is 6.95. The summed E-state index contributed by atoms with van der Waals surface area (Å²) in [6.07, 6.45) is 10.2.